The molecule has 0 spiro atoms. The highest BCUT2D eigenvalue weighted by Gasteiger charge is 1.96. The molecular formula is C6H9BrN2S2. The molecule has 1 heterocycles. The number of hydrogen-bond donors (Lipinski definition) is 1. The van der Waals surface area contributed by atoms with Gasteiger partial charge in [0.1, 0.15) is 4.60 Å². The molecule has 0 aliphatic heterocycles. The number of rotatable bonds is 4. The third kappa shape index (κ3) is 3.44. The molecule has 1 rings (SSSR count). The van der Waals surface area contributed by atoms with Gasteiger partial charge in [-0.05, 0) is 22.2 Å². The number of anilines is 1. The van der Waals surface area contributed by atoms with Gasteiger partial charge in [0, 0.05) is 17.7 Å². The summed E-state index contributed by atoms with van der Waals surface area (Å²) in [5, 5.41) is 6.19. The molecule has 0 saturated heterocycles. The summed E-state index contributed by atoms with van der Waals surface area (Å²) < 4.78 is 0.911. The van der Waals surface area contributed by atoms with Crippen molar-refractivity contribution in [2.45, 2.75) is 0 Å². The number of hydrogen-bond acceptors (Lipinski definition) is 4. The molecule has 0 saturated carbocycles. The van der Waals surface area contributed by atoms with E-state index in [1.54, 1.807) is 11.3 Å². The van der Waals surface area contributed by atoms with Crippen molar-refractivity contribution in [1.29, 1.82) is 0 Å². The Bertz CT molecular complexity index is 214. The van der Waals surface area contributed by atoms with E-state index in [2.05, 4.69) is 32.5 Å². The number of thioether (sulfide) groups is 1. The van der Waals surface area contributed by atoms with Gasteiger partial charge in [0.25, 0.3) is 0 Å². The van der Waals surface area contributed by atoms with Crippen LogP contribution in [0.5, 0.6) is 0 Å². The van der Waals surface area contributed by atoms with Gasteiger partial charge in [0.15, 0.2) is 5.13 Å². The van der Waals surface area contributed by atoms with Crippen LogP contribution in [0.25, 0.3) is 0 Å². The minimum Gasteiger partial charge on any atom is -0.361 e. The Morgan fingerprint density at radius 3 is 3.18 bits per heavy atom. The van der Waals surface area contributed by atoms with E-state index < -0.39 is 0 Å². The predicted octanol–water partition coefficient (Wildman–Crippen LogP) is 2.68. The van der Waals surface area contributed by atoms with Crippen LogP contribution in [-0.2, 0) is 0 Å². The average Bonchev–Trinajstić information content (AvgIpc) is 2.37. The fourth-order valence-electron chi connectivity index (χ4n) is 0.595. The molecule has 0 unspecified atom stereocenters. The van der Waals surface area contributed by atoms with E-state index in [0.29, 0.717) is 0 Å². The highest BCUT2D eigenvalue weighted by molar-refractivity contribution is 9.10. The first-order chi connectivity index (χ1) is 5.33. The number of nitrogens with zero attached hydrogens (tertiary/aromatic N) is 1. The second kappa shape index (κ2) is 5.00. The van der Waals surface area contributed by atoms with Gasteiger partial charge in [-0.15, -0.1) is 11.3 Å². The summed E-state index contributed by atoms with van der Waals surface area (Å²) in [6.07, 6.45) is 2.10. The van der Waals surface area contributed by atoms with Crippen LogP contribution in [0.4, 0.5) is 5.13 Å². The maximum absolute atomic E-state index is 4.20. The van der Waals surface area contributed by atoms with Crippen LogP contribution in [0.1, 0.15) is 0 Å². The largest absolute Gasteiger partial charge is 0.361 e. The van der Waals surface area contributed by atoms with Gasteiger partial charge >= 0.3 is 0 Å². The van der Waals surface area contributed by atoms with Crippen LogP contribution in [0.2, 0.25) is 0 Å². The molecule has 0 amide bonds. The van der Waals surface area contributed by atoms with Crippen molar-refractivity contribution in [3.63, 3.8) is 0 Å². The summed E-state index contributed by atoms with van der Waals surface area (Å²) in [5.74, 6) is 1.12. The van der Waals surface area contributed by atoms with Gasteiger partial charge in [-0.3, -0.25) is 0 Å². The molecule has 0 bridgehead atoms. The monoisotopic (exact) mass is 252 g/mol. The first kappa shape index (κ1) is 9.35. The first-order valence-electron chi connectivity index (χ1n) is 3.17. The fourth-order valence-corrected chi connectivity index (χ4v) is 2.07. The van der Waals surface area contributed by atoms with E-state index in [4.69, 9.17) is 0 Å². The highest BCUT2D eigenvalue weighted by Crippen LogP contribution is 2.18. The minimum atomic E-state index is 0.911. The van der Waals surface area contributed by atoms with Gasteiger partial charge < -0.3 is 5.32 Å². The van der Waals surface area contributed by atoms with E-state index in [1.165, 1.54) is 0 Å². The second-order valence-electron chi connectivity index (χ2n) is 1.89. The molecule has 1 aromatic rings. The Morgan fingerprint density at radius 1 is 1.82 bits per heavy atom. The summed E-state index contributed by atoms with van der Waals surface area (Å²) in [5.41, 5.74) is 0. The minimum absolute atomic E-state index is 0.911. The van der Waals surface area contributed by atoms with Crippen molar-refractivity contribution in [3.8, 4) is 0 Å². The molecule has 0 aliphatic carbocycles. The molecule has 0 fully saturated rings. The molecule has 0 radical (unpaired) electrons. The molecule has 1 aromatic heterocycles. The molecule has 62 valence electrons. The van der Waals surface area contributed by atoms with E-state index in [-0.39, 0.29) is 0 Å². The smallest absolute Gasteiger partial charge is 0.183 e. The number of thiazole rings is 1. The van der Waals surface area contributed by atoms with E-state index in [9.17, 15) is 0 Å². The van der Waals surface area contributed by atoms with Gasteiger partial charge in [0.2, 0.25) is 0 Å². The maximum atomic E-state index is 4.20. The number of nitrogens with one attached hydrogen (secondary N) is 1. The Balaban J connectivity index is 2.27. The maximum Gasteiger partial charge on any atom is 0.183 e. The van der Waals surface area contributed by atoms with Crippen LogP contribution in [0.15, 0.2) is 9.98 Å². The summed E-state index contributed by atoms with van der Waals surface area (Å²) >= 11 is 6.75. The Kier molecular flexibility index (Phi) is 4.25. The van der Waals surface area contributed by atoms with E-state index in [1.807, 2.05) is 17.1 Å². The summed E-state index contributed by atoms with van der Waals surface area (Å²) in [7, 11) is 0. The van der Waals surface area contributed by atoms with Crippen molar-refractivity contribution >= 4 is 44.2 Å². The van der Waals surface area contributed by atoms with E-state index in [0.717, 1.165) is 22.0 Å². The number of halogens is 1. The zero-order valence-corrected chi connectivity index (χ0v) is 9.35. The molecule has 0 aliphatic rings. The Morgan fingerprint density at radius 2 is 2.64 bits per heavy atom. The Labute approximate surface area is 82.9 Å². The molecule has 0 atom stereocenters. The van der Waals surface area contributed by atoms with Gasteiger partial charge in [0.05, 0.1) is 0 Å². The zero-order valence-electron chi connectivity index (χ0n) is 6.13. The SMILES string of the molecule is CSCCNc1nc(Br)cs1. The molecular weight excluding hydrogens is 244 g/mol. The number of aromatic nitrogens is 1. The normalized spacial score (nSPS) is 10.0. The van der Waals surface area contributed by atoms with E-state index >= 15 is 0 Å². The van der Waals surface area contributed by atoms with Crippen LogP contribution < -0.4 is 5.32 Å². The van der Waals surface area contributed by atoms with Gasteiger partial charge in [-0.25, -0.2) is 4.98 Å². The fraction of sp³-hybridized carbons (Fsp3) is 0.500. The van der Waals surface area contributed by atoms with Crippen molar-refractivity contribution < 1.29 is 0 Å². The lowest BCUT2D eigenvalue weighted by Crippen LogP contribution is -2.02. The van der Waals surface area contributed by atoms with Crippen LogP contribution in [0.3, 0.4) is 0 Å². The summed E-state index contributed by atoms with van der Waals surface area (Å²) in [6.45, 7) is 0.987. The summed E-state index contributed by atoms with van der Waals surface area (Å²) in [6, 6.07) is 0. The predicted molar refractivity (Wildman–Crippen MR) is 56.7 cm³/mol. The Hall–Kier alpha value is 0.260. The lowest BCUT2D eigenvalue weighted by atomic mass is 10.7. The molecule has 0 aromatic carbocycles. The second-order valence-corrected chi connectivity index (χ2v) is 4.55. The molecule has 1 N–H and O–H groups in total. The van der Waals surface area contributed by atoms with Gasteiger partial charge in [-0.2, -0.15) is 11.8 Å². The van der Waals surface area contributed by atoms with Crippen molar-refractivity contribution in [1.82, 2.24) is 4.98 Å². The van der Waals surface area contributed by atoms with Crippen molar-refractivity contribution in [3.05, 3.63) is 9.98 Å². The first-order valence-corrected chi connectivity index (χ1v) is 6.23. The zero-order chi connectivity index (χ0) is 8.10. The lowest BCUT2D eigenvalue weighted by molar-refractivity contribution is 1.20. The quantitative estimate of drug-likeness (QED) is 0.835. The van der Waals surface area contributed by atoms with Gasteiger partial charge in [-0.1, -0.05) is 0 Å². The third-order valence-electron chi connectivity index (χ3n) is 1.06. The van der Waals surface area contributed by atoms with Crippen molar-refractivity contribution in [2.24, 2.45) is 0 Å². The lowest BCUT2D eigenvalue weighted by Gasteiger charge is -1.98. The van der Waals surface area contributed by atoms with Crippen molar-refractivity contribution in [2.75, 3.05) is 23.9 Å². The van der Waals surface area contributed by atoms with Crippen LogP contribution in [-0.4, -0.2) is 23.5 Å². The van der Waals surface area contributed by atoms with Crippen LogP contribution >= 0.6 is 39.0 Å². The van der Waals surface area contributed by atoms with Crippen LogP contribution in [0, 0.1) is 0 Å². The highest BCUT2D eigenvalue weighted by atomic mass is 79.9. The molecule has 2 nitrogen and oxygen atoms in total. The standard InChI is InChI=1S/C6H9BrN2S2/c1-10-3-2-8-6-9-5(7)4-11-6/h4H,2-3H2,1H3,(H,8,9). The molecule has 5 heteroatoms. The molecule has 11 heavy (non-hydrogen) atoms. The topological polar surface area (TPSA) is 24.9 Å². The average molecular weight is 253 g/mol. The third-order valence-corrected chi connectivity index (χ3v) is 3.18. The summed E-state index contributed by atoms with van der Waals surface area (Å²) in [4.78, 5) is 4.20.